The molecular weight excluding hydrogens is 232 g/mol. The smallest absolute Gasteiger partial charge is 0.178 e. The fourth-order valence-corrected chi connectivity index (χ4v) is 1.82. The average Bonchev–Trinajstić information content (AvgIpc) is 2.67. The van der Waals surface area contributed by atoms with Gasteiger partial charge in [-0.05, 0) is 6.42 Å². The number of oxime groups is 1. The van der Waals surface area contributed by atoms with Crippen LogP contribution in [0, 0.1) is 0 Å². The normalized spacial score (nSPS) is 15.0. The molecule has 0 aromatic carbocycles. The van der Waals surface area contributed by atoms with Gasteiger partial charge in [-0.1, -0.05) is 12.1 Å². The first-order valence-electron chi connectivity index (χ1n) is 4.61. The number of hydrogen-bond donors (Lipinski definition) is 2. The van der Waals surface area contributed by atoms with Crippen molar-refractivity contribution in [2.24, 2.45) is 10.9 Å². The van der Waals surface area contributed by atoms with E-state index in [9.17, 15) is 8.42 Å². The maximum Gasteiger partial charge on any atom is 0.178 e. The van der Waals surface area contributed by atoms with E-state index in [1.807, 2.05) is 6.92 Å². The summed E-state index contributed by atoms with van der Waals surface area (Å²) in [6, 6.07) is -0.444. The Labute approximate surface area is 93.5 Å². The van der Waals surface area contributed by atoms with Crippen LogP contribution < -0.4 is 5.73 Å². The molecule has 90 valence electrons. The van der Waals surface area contributed by atoms with Gasteiger partial charge in [-0.15, -0.1) is 0 Å². The molecule has 8 heteroatoms. The molecule has 3 N–H and O–H groups in total. The van der Waals surface area contributed by atoms with E-state index < -0.39 is 15.9 Å². The Morgan fingerprint density at radius 3 is 2.75 bits per heavy atom. The molecule has 1 unspecified atom stereocenters. The Balaban J connectivity index is 3.10. The van der Waals surface area contributed by atoms with Gasteiger partial charge in [-0.3, -0.25) is 4.68 Å². The lowest BCUT2D eigenvalue weighted by molar-refractivity contribution is 0.312. The fraction of sp³-hybridized carbons (Fsp3) is 0.500. The molecule has 0 amide bonds. The molecule has 0 aliphatic heterocycles. The molecule has 0 saturated heterocycles. The zero-order chi connectivity index (χ0) is 12.3. The van der Waals surface area contributed by atoms with Crippen LogP contribution in [0.25, 0.3) is 0 Å². The van der Waals surface area contributed by atoms with Crippen molar-refractivity contribution in [1.82, 2.24) is 9.78 Å². The lowest BCUT2D eigenvalue weighted by Crippen LogP contribution is -2.26. The molecule has 1 rings (SSSR count). The number of aromatic nitrogens is 2. The molecule has 0 spiro atoms. The molecule has 1 heterocycles. The van der Waals surface area contributed by atoms with Crippen molar-refractivity contribution in [3.05, 3.63) is 12.4 Å². The maximum absolute atomic E-state index is 11.2. The number of sulfone groups is 1. The molecule has 1 atom stereocenters. The van der Waals surface area contributed by atoms with E-state index in [0.29, 0.717) is 6.42 Å². The summed E-state index contributed by atoms with van der Waals surface area (Å²) in [5.41, 5.74) is 5.47. The number of nitrogens with two attached hydrogens (primary N) is 1. The van der Waals surface area contributed by atoms with Crippen molar-refractivity contribution >= 4 is 15.7 Å². The first-order chi connectivity index (χ1) is 7.40. The molecule has 0 aliphatic rings. The first-order valence-corrected chi connectivity index (χ1v) is 6.51. The highest BCUT2D eigenvalue weighted by Gasteiger charge is 2.17. The summed E-state index contributed by atoms with van der Waals surface area (Å²) in [7, 11) is -3.28. The van der Waals surface area contributed by atoms with Gasteiger partial charge in [0.1, 0.15) is 10.9 Å². The maximum atomic E-state index is 11.2. The van der Waals surface area contributed by atoms with Crippen LogP contribution in [0.1, 0.15) is 19.4 Å². The molecule has 1 aromatic heterocycles. The second-order valence-electron chi connectivity index (χ2n) is 3.38. The minimum absolute atomic E-state index is 0.00866. The topological polar surface area (TPSA) is 111 Å². The van der Waals surface area contributed by atoms with Crippen molar-refractivity contribution < 1.29 is 13.6 Å². The molecule has 0 aliphatic carbocycles. The van der Waals surface area contributed by atoms with Crippen LogP contribution >= 0.6 is 0 Å². The number of nitrogens with zero attached hydrogens (tertiary/aromatic N) is 3. The van der Waals surface area contributed by atoms with E-state index in [1.54, 1.807) is 0 Å². The molecule has 1 aromatic rings. The van der Waals surface area contributed by atoms with Gasteiger partial charge < -0.3 is 10.9 Å². The van der Waals surface area contributed by atoms with Crippen LogP contribution in [0.2, 0.25) is 0 Å². The van der Waals surface area contributed by atoms with Gasteiger partial charge >= 0.3 is 0 Å². The van der Waals surface area contributed by atoms with Crippen LogP contribution in [0.15, 0.2) is 22.4 Å². The number of rotatable bonds is 4. The number of hydrogen-bond acceptors (Lipinski definition) is 5. The second kappa shape index (κ2) is 4.52. The Hall–Kier alpha value is -1.57. The molecular formula is C8H14N4O3S. The third-order valence-electron chi connectivity index (χ3n) is 2.17. The largest absolute Gasteiger partial charge is 0.409 e. The third kappa shape index (κ3) is 2.51. The van der Waals surface area contributed by atoms with Gasteiger partial charge in [0.25, 0.3) is 0 Å². The van der Waals surface area contributed by atoms with Crippen LogP contribution in [0.5, 0.6) is 0 Å². The Bertz CT molecular complexity index is 491. The molecule has 7 nitrogen and oxygen atoms in total. The highest BCUT2D eigenvalue weighted by Crippen LogP contribution is 2.14. The van der Waals surface area contributed by atoms with Crippen molar-refractivity contribution in [3.8, 4) is 0 Å². The monoisotopic (exact) mass is 246 g/mol. The zero-order valence-corrected chi connectivity index (χ0v) is 9.85. The highest BCUT2D eigenvalue weighted by atomic mass is 32.2. The second-order valence-corrected chi connectivity index (χ2v) is 5.39. The van der Waals surface area contributed by atoms with E-state index in [4.69, 9.17) is 10.9 Å². The van der Waals surface area contributed by atoms with Gasteiger partial charge in [-0.25, -0.2) is 8.42 Å². The van der Waals surface area contributed by atoms with E-state index >= 15 is 0 Å². The third-order valence-corrected chi connectivity index (χ3v) is 3.24. The summed E-state index contributed by atoms with van der Waals surface area (Å²) in [6.45, 7) is 1.82. The van der Waals surface area contributed by atoms with Crippen LogP contribution in [0.4, 0.5) is 0 Å². The number of amidine groups is 1. The fourth-order valence-electron chi connectivity index (χ4n) is 1.28. The minimum Gasteiger partial charge on any atom is -0.409 e. The SMILES string of the molecule is CCC(/C(N)=N/O)n1cc(S(C)(=O)=O)cn1. The average molecular weight is 246 g/mol. The van der Waals surface area contributed by atoms with Gasteiger partial charge in [0, 0.05) is 12.5 Å². The molecule has 0 fully saturated rings. The summed E-state index contributed by atoms with van der Waals surface area (Å²) in [5, 5.41) is 15.3. The molecule has 0 radical (unpaired) electrons. The van der Waals surface area contributed by atoms with E-state index in [-0.39, 0.29) is 10.7 Å². The Morgan fingerprint density at radius 1 is 1.75 bits per heavy atom. The lowest BCUT2D eigenvalue weighted by atomic mass is 10.2. The summed E-state index contributed by atoms with van der Waals surface area (Å²) in [4.78, 5) is 0.108. The van der Waals surface area contributed by atoms with E-state index in [2.05, 4.69) is 10.3 Å². The summed E-state index contributed by atoms with van der Waals surface area (Å²) in [6.07, 6.45) is 4.24. The van der Waals surface area contributed by atoms with Gasteiger partial charge in [0.05, 0.1) is 6.20 Å². The van der Waals surface area contributed by atoms with Crippen LogP contribution in [-0.4, -0.2) is 35.5 Å². The Kier molecular flexibility index (Phi) is 3.53. The predicted octanol–water partition coefficient (Wildman–Crippen LogP) is -0.0159. The predicted molar refractivity (Wildman–Crippen MR) is 58.1 cm³/mol. The van der Waals surface area contributed by atoms with Crippen LogP contribution in [-0.2, 0) is 9.84 Å². The summed E-state index contributed by atoms with van der Waals surface area (Å²) in [5.74, 6) is -0.00866. The quantitative estimate of drug-likeness (QED) is 0.336. The van der Waals surface area contributed by atoms with Gasteiger partial charge in [-0.2, -0.15) is 5.10 Å². The van der Waals surface area contributed by atoms with Crippen LogP contribution in [0.3, 0.4) is 0 Å². The summed E-state index contributed by atoms with van der Waals surface area (Å²) >= 11 is 0. The van der Waals surface area contributed by atoms with Crippen molar-refractivity contribution in [2.45, 2.75) is 24.3 Å². The lowest BCUT2D eigenvalue weighted by Gasteiger charge is -2.12. The van der Waals surface area contributed by atoms with Gasteiger partial charge in [0.15, 0.2) is 15.7 Å². The Morgan fingerprint density at radius 2 is 2.38 bits per heavy atom. The molecule has 0 saturated carbocycles. The van der Waals surface area contributed by atoms with Gasteiger partial charge in [0.2, 0.25) is 0 Å². The van der Waals surface area contributed by atoms with E-state index in [0.717, 1.165) is 6.26 Å². The highest BCUT2D eigenvalue weighted by molar-refractivity contribution is 7.90. The molecule has 0 bridgehead atoms. The van der Waals surface area contributed by atoms with Crippen molar-refractivity contribution in [3.63, 3.8) is 0 Å². The molecule has 16 heavy (non-hydrogen) atoms. The standard InChI is InChI=1S/C8H14N4O3S/c1-3-7(8(9)11-13)12-5-6(4-10-12)16(2,14)15/h4-5,7,13H,3H2,1-2H3,(H2,9,11). The van der Waals surface area contributed by atoms with Crippen molar-refractivity contribution in [1.29, 1.82) is 0 Å². The first kappa shape index (κ1) is 12.5. The minimum atomic E-state index is -3.28. The van der Waals surface area contributed by atoms with Crippen molar-refractivity contribution in [2.75, 3.05) is 6.26 Å². The summed E-state index contributed by atoms with van der Waals surface area (Å²) < 4.78 is 23.8. The zero-order valence-electron chi connectivity index (χ0n) is 9.03. The van der Waals surface area contributed by atoms with E-state index in [1.165, 1.54) is 17.1 Å².